The van der Waals surface area contributed by atoms with E-state index in [9.17, 15) is 14.4 Å². The second-order valence-corrected chi connectivity index (χ2v) is 9.06. The maximum atomic E-state index is 13.7. The zero-order valence-electron chi connectivity index (χ0n) is 16.7. The summed E-state index contributed by atoms with van der Waals surface area (Å²) < 4.78 is 6.17. The van der Waals surface area contributed by atoms with E-state index in [2.05, 4.69) is 15.9 Å². The van der Waals surface area contributed by atoms with Gasteiger partial charge >= 0.3 is 0 Å². The van der Waals surface area contributed by atoms with Gasteiger partial charge in [0.2, 0.25) is 17.6 Å². The van der Waals surface area contributed by atoms with Crippen LogP contribution in [0.5, 0.6) is 0 Å². The van der Waals surface area contributed by atoms with Crippen LogP contribution in [0, 0.1) is 11.8 Å². The Labute approximate surface area is 192 Å². The fraction of sp³-hybridized carbons (Fsp3) is 0.160. The van der Waals surface area contributed by atoms with Crippen molar-refractivity contribution in [3.63, 3.8) is 0 Å². The standard InChI is InChI=1S/C25H17BrN2O4/c26-15-6-3-7-16(13-15)27-24(30)20-18-11-10-14-5-1-2-8-17(14)28(18)22(21(20)25(27)31)23(29)19-9-4-12-32-19/h1-13,18,20-22H/t18-,20-,21-,22+/m0/s1. The number of ketones is 1. The summed E-state index contributed by atoms with van der Waals surface area (Å²) in [6.45, 7) is 0. The minimum atomic E-state index is -0.837. The fourth-order valence-electron chi connectivity index (χ4n) is 5.25. The van der Waals surface area contributed by atoms with Gasteiger partial charge in [-0.25, -0.2) is 4.90 Å². The molecule has 7 heteroatoms. The maximum absolute atomic E-state index is 13.7. The number of amides is 2. The van der Waals surface area contributed by atoms with Gasteiger partial charge in [-0.2, -0.15) is 0 Å². The smallest absolute Gasteiger partial charge is 0.240 e. The summed E-state index contributed by atoms with van der Waals surface area (Å²) in [5, 5.41) is 0. The number of halogens is 1. The van der Waals surface area contributed by atoms with Crippen molar-refractivity contribution in [2.24, 2.45) is 11.8 Å². The number of hydrogen-bond acceptors (Lipinski definition) is 5. The van der Waals surface area contributed by atoms with Crippen molar-refractivity contribution < 1.29 is 18.8 Å². The molecule has 0 saturated carbocycles. The lowest BCUT2D eigenvalue weighted by Crippen LogP contribution is -2.48. The lowest BCUT2D eigenvalue weighted by Gasteiger charge is -2.36. The van der Waals surface area contributed by atoms with Crippen LogP contribution >= 0.6 is 15.9 Å². The molecule has 3 aliphatic rings. The van der Waals surface area contributed by atoms with Crippen molar-refractivity contribution in [1.29, 1.82) is 0 Å². The summed E-state index contributed by atoms with van der Waals surface area (Å²) in [6.07, 6.45) is 5.34. The van der Waals surface area contributed by atoms with E-state index >= 15 is 0 Å². The molecule has 0 N–H and O–H groups in total. The van der Waals surface area contributed by atoms with Crippen LogP contribution < -0.4 is 9.80 Å². The third-order valence-corrected chi connectivity index (χ3v) is 7.01. The Balaban J connectivity index is 1.51. The number of furan rings is 1. The van der Waals surface area contributed by atoms with Gasteiger partial charge in [-0.15, -0.1) is 0 Å². The molecule has 3 aliphatic heterocycles. The molecule has 0 spiro atoms. The highest BCUT2D eigenvalue weighted by Crippen LogP contribution is 2.49. The third-order valence-electron chi connectivity index (χ3n) is 6.51. The van der Waals surface area contributed by atoms with Gasteiger partial charge in [-0.1, -0.05) is 52.3 Å². The predicted molar refractivity (Wildman–Crippen MR) is 122 cm³/mol. The van der Waals surface area contributed by atoms with Gasteiger partial charge in [-0.05, 0) is 42.0 Å². The number of benzene rings is 2. The molecular formula is C25H17BrN2O4. The molecule has 6 rings (SSSR count). The van der Waals surface area contributed by atoms with Gasteiger partial charge in [0.1, 0.15) is 6.04 Å². The number of para-hydroxylation sites is 1. The number of imide groups is 1. The quantitative estimate of drug-likeness (QED) is 0.405. The van der Waals surface area contributed by atoms with Crippen LogP contribution in [-0.4, -0.2) is 29.7 Å². The third kappa shape index (κ3) is 2.61. The van der Waals surface area contributed by atoms with E-state index < -0.39 is 23.9 Å². The van der Waals surface area contributed by atoms with Crippen LogP contribution in [0.3, 0.4) is 0 Å². The van der Waals surface area contributed by atoms with Crippen LogP contribution in [0.15, 0.2) is 81.9 Å². The van der Waals surface area contributed by atoms with Crippen LogP contribution in [0.2, 0.25) is 0 Å². The second kappa shape index (κ2) is 7.03. The molecule has 0 unspecified atom stereocenters. The molecular weight excluding hydrogens is 472 g/mol. The summed E-state index contributed by atoms with van der Waals surface area (Å²) in [7, 11) is 0. The van der Waals surface area contributed by atoms with Gasteiger partial charge in [0.05, 0.1) is 29.8 Å². The summed E-state index contributed by atoms with van der Waals surface area (Å²) in [5.41, 5.74) is 2.29. The average Bonchev–Trinajstić information content (AvgIpc) is 3.50. The average molecular weight is 489 g/mol. The van der Waals surface area contributed by atoms with E-state index in [-0.39, 0.29) is 23.4 Å². The van der Waals surface area contributed by atoms with Gasteiger partial charge in [0, 0.05) is 10.2 Å². The van der Waals surface area contributed by atoms with Crippen molar-refractivity contribution in [3.8, 4) is 0 Å². The van der Waals surface area contributed by atoms with Crippen molar-refractivity contribution in [2.75, 3.05) is 9.80 Å². The van der Waals surface area contributed by atoms with E-state index in [1.165, 1.54) is 11.2 Å². The highest BCUT2D eigenvalue weighted by atomic mass is 79.9. The number of hydrogen-bond donors (Lipinski definition) is 0. The van der Waals surface area contributed by atoms with Crippen molar-refractivity contribution in [1.82, 2.24) is 0 Å². The van der Waals surface area contributed by atoms with Gasteiger partial charge < -0.3 is 9.32 Å². The Kier molecular flexibility index (Phi) is 4.23. The largest absolute Gasteiger partial charge is 0.461 e. The number of carbonyl (C=O) groups is 3. The minimum Gasteiger partial charge on any atom is -0.461 e. The highest BCUT2D eigenvalue weighted by molar-refractivity contribution is 9.10. The summed E-state index contributed by atoms with van der Waals surface area (Å²) >= 11 is 3.41. The molecule has 2 fully saturated rings. The van der Waals surface area contributed by atoms with E-state index in [1.54, 1.807) is 30.3 Å². The van der Waals surface area contributed by atoms with Crippen LogP contribution in [-0.2, 0) is 9.59 Å². The van der Waals surface area contributed by atoms with E-state index in [0.29, 0.717) is 5.69 Å². The molecule has 2 amide bonds. The molecule has 6 nitrogen and oxygen atoms in total. The van der Waals surface area contributed by atoms with Crippen molar-refractivity contribution in [2.45, 2.75) is 12.1 Å². The summed E-state index contributed by atoms with van der Waals surface area (Å²) in [4.78, 5) is 44.1. The van der Waals surface area contributed by atoms with Gasteiger partial charge in [-0.3, -0.25) is 14.4 Å². The molecule has 158 valence electrons. The minimum absolute atomic E-state index is 0.183. The van der Waals surface area contributed by atoms with Crippen LogP contribution in [0.25, 0.3) is 6.08 Å². The first kappa shape index (κ1) is 19.3. The van der Waals surface area contributed by atoms with Crippen molar-refractivity contribution >= 4 is 51.0 Å². The monoisotopic (exact) mass is 488 g/mol. The molecule has 2 aromatic carbocycles. The first-order chi connectivity index (χ1) is 15.6. The molecule has 3 aromatic rings. The first-order valence-electron chi connectivity index (χ1n) is 10.3. The molecule has 4 heterocycles. The van der Waals surface area contributed by atoms with Crippen molar-refractivity contribution in [3.05, 3.63) is 88.8 Å². The highest BCUT2D eigenvalue weighted by Gasteiger charge is 2.64. The van der Waals surface area contributed by atoms with Crippen LogP contribution in [0.1, 0.15) is 16.1 Å². The molecule has 1 aromatic heterocycles. The zero-order chi connectivity index (χ0) is 22.0. The molecule has 0 bridgehead atoms. The maximum Gasteiger partial charge on any atom is 0.240 e. The van der Waals surface area contributed by atoms with E-state index in [0.717, 1.165) is 15.7 Å². The molecule has 0 radical (unpaired) electrons. The topological polar surface area (TPSA) is 70.8 Å². The van der Waals surface area contributed by atoms with E-state index in [4.69, 9.17) is 4.42 Å². The lowest BCUT2D eigenvalue weighted by atomic mass is 9.87. The van der Waals surface area contributed by atoms with Gasteiger partial charge in [0.25, 0.3) is 0 Å². The predicted octanol–water partition coefficient (Wildman–Crippen LogP) is 4.31. The fourth-order valence-corrected chi connectivity index (χ4v) is 5.63. The Morgan fingerprint density at radius 1 is 0.938 bits per heavy atom. The summed E-state index contributed by atoms with van der Waals surface area (Å²) in [5.74, 6) is -2.22. The summed E-state index contributed by atoms with van der Waals surface area (Å²) in [6, 6.07) is 16.8. The normalized spacial score (nSPS) is 25.7. The number of Topliss-reactive ketones (excluding diaryl/α,β-unsaturated/α-hetero) is 1. The van der Waals surface area contributed by atoms with E-state index in [1.807, 2.05) is 47.4 Å². The molecule has 4 atom stereocenters. The SMILES string of the molecule is O=C(c1ccco1)[C@H]1[C@H]2C(=O)N(c3cccc(Br)c3)C(=O)[C@H]2[C@@H]2C=Cc3ccccc3N21. The molecule has 2 saturated heterocycles. The van der Waals surface area contributed by atoms with Crippen LogP contribution in [0.4, 0.5) is 11.4 Å². The lowest BCUT2D eigenvalue weighted by molar-refractivity contribution is -0.122. The number of fused-ring (bicyclic) bond motifs is 5. The Morgan fingerprint density at radius 3 is 2.53 bits per heavy atom. The number of carbonyl (C=O) groups excluding carboxylic acids is 3. The molecule has 0 aliphatic carbocycles. The number of nitrogens with zero attached hydrogens (tertiary/aromatic N) is 2. The number of anilines is 2. The second-order valence-electron chi connectivity index (χ2n) is 8.15. The van der Waals surface area contributed by atoms with Gasteiger partial charge in [0.15, 0.2) is 5.76 Å². The Hall–Kier alpha value is -3.45. The Bertz CT molecular complexity index is 1300. The zero-order valence-corrected chi connectivity index (χ0v) is 18.3. The first-order valence-corrected chi connectivity index (χ1v) is 11.1. The molecule has 32 heavy (non-hydrogen) atoms. The number of rotatable bonds is 3. The Morgan fingerprint density at radius 2 is 1.75 bits per heavy atom.